The minimum Gasteiger partial charge on any atom is -0.490 e. The first-order valence-corrected chi connectivity index (χ1v) is 5.28. The second-order valence-corrected chi connectivity index (χ2v) is 3.82. The van der Waals surface area contributed by atoms with Crippen LogP contribution in [0.1, 0.15) is 23.7 Å². The van der Waals surface area contributed by atoms with Crippen molar-refractivity contribution in [2.24, 2.45) is 0 Å². The third kappa shape index (κ3) is 2.08. The summed E-state index contributed by atoms with van der Waals surface area (Å²) in [5.74, 6) is 1.29. The van der Waals surface area contributed by atoms with E-state index in [0.29, 0.717) is 35.8 Å². The third-order valence-electron chi connectivity index (χ3n) is 2.40. The van der Waals surface area contributed by atoms with Crippen molar-refractivity contribution in [2.45, 2.75) is 13.3 Å². The molecule has 16 heavy (non-hydrogen) atoms. The Morgan fingerprint density at radius 3 is 2.62 bits per heavy atom. The van der Waals surface area contributed by atoms with Crippen LogP contribution in [-0.2, 0) is 0 Å². The maximum Gasteiger partial charge on any atom is 0.188 e. The summed E-state index contributed by atoms with van der Waals surface area (Å²) in [6.45, 7) is 6.62. The minimum atomic E-state index is -0.0596. The number of rotatable bonds is 2. The van der Waals surface area contributed by atoms with Gasteiger partial charge in [0.2, 0.25) is 0 Å². The number of hydrogen-bond donors (Lipinski definition) is 0. The zero-order valence-electron chi connectivity index (χ0n) is 9.29. The molecule has 1 aliphatic heterocycles. The number of carbonyl (C=O) groups excluding carboxylic acids is 1. The van der Waals surface area contributed by atoms with Crippen molar-refractivity contribution in [3.63, 3.8) is 0 Å². The Morgan fingerprint density at radius 2 is 1.94 bits per heavy atom. The largest absolute Gasteiger partial charge is 0.490 e. The van der Waals surface area contributed by atoms with E-state index in [0.717, 1.165) is 6.42 Å². The molecule has 1 aromatic carbocycles. The Kier molecular flexibility index (Phi) is 2.95. The van der Waals surface area contributed by atoms with Gasteiger partial charge in [-0.1, -0.05) is 6.58 Å². The Hall–Kier alpha value is -1.77. The van der Waals surface area contributed by atoms with Gasteiger partial charge in [-0.15, -0.1) is 0 Å². The molecule has 3 nitrogen and oxygen atoms in total. The molecule has 0 radical (unpaired) electrons. The predicted molar refractivity (Wildman–Crippen MR) is 61.2 cm³/mol. The Balaban J connectivity index is 2.34. The number of allylic oxidation sites excluding steroid dienone is 1. The number of Topliss-reactive ketones (excluding diaryl/α,β-unsaturated/α-hetero) is 1. The van der Waals surface area contributed by atoms with E-state index < -0.39 is 0 Å². The number of hydrogen-bond acceptors (Lipinski definition) is 3. The fraction of sp³-hybridized carbons (Fsp3) is 0.308. The quantitative estimate of drug-likeness (QED) is 0.565. The average molecular weight is 218 g/mol. The molecule has 0 aliphatic carbocycles. The molecule has 1 aliphatic rings. The van der Waals surface area contributed by atoms with Crippen LogP contribution in [0.2, 0.25) is 0 Å². The van der Waals surface area contributed by atoms with Crippen LogP contribution in [0, 0.1) is 0 Å². The van der Waals surface area contributed by atoms with Crippen molar-refractivity contribution < 1.29 is 14.3 Å². The number of benzene rings is 1. The van der Waals surface area contributed by atoms with Crippen LogP contribution in [0.5, 0.6) is 11.5 Å². The number of ketones is 1. The summed E-state index contributed by atoms with van der Waals surface area (Å²) in [5.41, 5.74) is 1.12. The van der Waals surface area contributed by atoms with Crippen LogP contribution >= 0.6 is 0 Å². The summed E-state index contributed by atoms with van der Waals surface area (Å²) in [6.07, 6.45) is 0.860. The van der Waals surface area contributed by atoms with E-state index in [1.807, 2.05) is 0 Å². The lowest BCUT2D eigenvalue weighted by atomic mass is 10.1. The number of ether oxygens (including phenoxy) is 2. The van der Waals surface area contributed by atoms with Crippen LogP contribution in [0.4, 0.5) is 0 Å². The molecule has 0 fully saturated rings. The fourth-order valence-corrected chi connectivity index (χ4v) is 1.55. The van der Waals surface area contributed by atoms with E-state index in [2.05, 4.69) is 6.58 Å². The minimum absolute atomic E-state index is 0.0596. The van der Waals surface area contributed by atoms with Crippen LogP contribution in [-0.4, -0.2) is 19.0 Å². The summed E-state index contributed by atoms with van der Waals surface area (Å²) >= 11 is 0. The van der Waals surface area contributed by atoms with Crippen molar-refractivity contribution in [1.82, 2.24) is 0 Å². The number of fused-ring (bicyclic) bond motifs is 1. The molecule has 1 aromatic rings. The van der Waals surface area contributed by atoms with Crippen molar-refractivity contribution in [1.29, 1.82) is 0 Å². The van der Waals surface area contributed by atoms with E-state index in [1.165, 1.54) is 0 Å². The Morgan fingerprint density at radius 1 is 1.25 bits per heavy atom. The fourth-order valence-electron chi connectivity index (χ4n) is 1.55. The smallest absolute Gasteiger partial charge is 0.188 e. The van der Waals surface area contributed by atoms with Crippen molar-refractivity contribution in [3.05, 3.63) is 35.9 Å². The molecule has 0 amide bonds. The highest BCUT2D eigenvalue weighted by Crippen LogP contribution is 2.30. The molecule has 0 spiro atoms. The molecule has 3 heteroatoms. The lowest BCUT2D eigenvalue weighted by molar-refractivity contribution is 0.103. The molecule has 84 valence electrons. The van der Waals surface area contributed by atoms with Gasteiger partial charge < -0.3 is 9.47 Å². The standard InChI is InChI=1S/C13H14O3/c1-9(2)13(14)10-4-5-11-12(8-10)16-7-3-6-15-11/h4-5,8H,1,3,6-7H2,2H3. The second-order valence-electron chi connectivity index (χ2n) is 3.82. The average Bonchev–Trinajstić information content (AvgIpc) is 2.51. The topological polar surface area (TPSA) is 35.5 Å². The first kappa shape index (κ1) is 10.7. The summed E-state index contributed by atoms with van der Waals surface area (Å²) < 4.78 is 11.0. The monoisotopic (exact) mass is 218 g/mol. The maximum absolute atomic E-state index is 11.7. The van der Waals surface area contributed by atoms with Gasteiger partial charge in [0.15, 0.2) is 17.3 Å². The van der Waals surface area contributed by atoms with Crippen LogP contribution in [0.15, 0.2) is 30.4 Å². The molecule has 0 N–H and O–H groups in total. The summed E-state index contributed by atoms with van der Waals surface area (Å²) in [5, 5.41) is 0. The lowest BCUT2D eigenvalue weighted by Gasteiger charge is -2.08. The van der Waals surface area contributed by atoms with Crippen LogP contribution in [0.25, 0.3) is 0 Å². The molecule has 2 rings (SSSR count). The highest BCUT2D eigenvalue weighted by molar-refractivity contribution is 6.08. The van der Waals surface area contributed by atoms with Gasteiger partial charge in [0.25, 0.3) is 0 Å². The summed E-state index contributed by atoms with van der Waals surface area (Å²) in [6, 6.07) is 5.24. The van der Waals surface area contributed by atoms with E-state index in [4.69, 9.17) is 9.47 Å². The normalized spacial score (nSPS) is 14.1. The van der Waals surface area contributed by atoms with Crippen LogP contribution in [0.3, 0.4) is 0 Å². The maximum atomic E-state index is 11.7. The molecule has 0 bridgehead atoms. The van der Waals surface area contributed by atoms with Gasteiger partial charge in [0.1, 0.15) is 0 Å². The van der Waals surface area contributed by atoms with E-state index >= 15 is 0 Å². The highest BCUT2D eigenvalue weighted by Gasteiger charge is 2.14. The second kappa shape index (κ2) is 4.39. The molecule has 0 atom stereocenters. The molecule has 0 saturated carbocycles. The summed E-state index contributed by atoms with van der Waals surface area (Å²) in [7, 11) is 0. The molecule has 0 saturated heterocycles. The molecular weight excluding hydrogens is 204 g/mol. The first-order chi connectivity index (χ1) is 7.68. The molecule has 1 heterocycles. The van der Waals surface area contributed by atoms with Crippen molar-refractivity contribution >= 4 is 5.78 Å². The summed E-state index contributed by atoms with van der Waals surface area (Å²) in [4.78, 5) is 11.7. The highest BCUT2D eigenvalue weighted by atomic mass is 16.5. The zero-order valence-corrected chi connectivity index (χ0v) is 9.29. The lowest BCUT2D eigenvalue weighted by Crippen LogP contribution is -2.01. The van der Waals surface area contributed by atoms with Crippen molar-refractivity contribution in [2.75, 3.05) is 13.2 Å². The Labute approximate surface area is 94.7 Å². The Bertz CT molecular complexity index is 435. The SMILES string of the molecule is C=C(C)C(=O)c1ccc2c(c1)OCCCO2. The molecule has 0 aromatic heterocycles. The van der Waals surface area contributed by atoms with E-state index in [9.17, 15) is 4.79 Å². The molecule has 0 unspecified atom stereocenters. The number of carbonyl (C=O) groups is 1. The van der Waals surface area contributed by atoms with E-state index in [1.54, 1.807) is 25.1 Å². The molecular formula is C13H14O3. The third-order valence-corrected chi connectivity index (χ3v) is 2.40. The van der Waals surface area contributed by atoms with Gasteiger partial charge in [-0.3, -0.25) is 4.79 Å². The zero-order chi connectivity index (χ0) is 11.5. The van der Waals surface area contributed by atoms with Gasteiger partial charge in [-0.05, 0) is 30.7 Å². The van der Waals surface area contributed by atoms with E-state index in [-0.39, 0.29) is 5.78 Å². The first-order valence-electron chi connectivity index (χ1n) is 5.28. The van der Waals surface area contributed by atoms with Gasteiger partial charge in [0, 0.05) is 12.0 Å². The van der Waals surface area contributed by atoms with Gasteiger partial charge >= 0.3 is 0 Å². The predicted octanol–water partition coefficient (Wildman–Crippen LogP) is 2.61. The van der Waals surface area contributed by atoms with Gasteiger partial charge in [-0.2, -0.15) is 0 Å². The van der Waals surface area contributed by atoms with Crippen LogP contribution < -0.4 is 9.47 Å². The van der Waals surface area contributed by atoms with Crippen molar-refractivity contribution in [3.8, 4) is 11.5 Å². The van der Waals surface area contributed by atoms with Gasteiger partial charge in [0.05, 0.1) is 13.2 Å². The van der Waals surface area contributed by atoms with Gasteiger partial charge in [-0.25, -0.2) is 0 Å².